The summed E-state index contributed by atoms with van der Waals surface area (Å²) in [5.41, 5.74) is -3.66. The van der Waals surface area contributed by atoms with E-state index in [9.17, 15) is 50.8 Å². The van der Waals surface area contributed by atoms with Gasteiger partial charge in [-0.1, -0.05) is 20.3 Å². The van der Waals surface area contributed by atoms with Crippen molar-refractivity contribution in [3.05, 3.63) is 0 Å². The Balaban J connectivity index is 1.38. The second kappa shape index (κ2) is 9.22. The van der Waals surface area contributed by atoms with Crippen LogP contribution in [0.15, 0.2) is 0 Å². The maximum atomic E-state index is 14.2. The van der Waals surface area contributed by atoms with Crippen molar-refractivity contribution in [1.82, 2.24) is 20.9 Å². The lowest BCUT2D eigenvalue weighted by Gasteiger charge is -2.49. The van der Waals surface area contributed by atoms with Gasteiger partial charge in [0.05, 0.1) is 11.5 Å². The Bertz CT molecular complexity index is 1200. The van der Waals surface area contributed by atoms with Crippen molar-refractivity contribution in [2.45, 2.75) is 94.8 Å². The van der Waals surface area contributed by atoms with Gasteiger partial charge in [0, 0.05) is 18.0 Å². The summed E-state index contributed by atoms with van der Waals surface area (Å²) in [7, 11) is 0. The smallest absolute Gasteiger partial charge is 0.350 e. The fourth-order valence-electron chi connectivity index (χ4n) is 7.26. The van der Waals surface area contributed by atoms with Crippen molar-refractivity contribution in [3.63, 3.8) is 0 Å². The van der Waals surface area contributed by atoms with Crippen LogP contribution in [0.5, 0.6) is 0 Å². The first kappa shape index (κ1) is 29.4. The first-order valence-electron chi connectivity index (χ1n) is 13.6. The number of amides is 4. The van der Waals surface area contributed by atoms with Crippen LogP contribution in [0.1, 0.15) is 58.8 Å². The molecule has 226 valence electrons. The van der Waals surface area contributed by atoms with Crippen LogP contribution in [0, 0.1) is 39.9 Å². The average molecular weight is 592 g/mol. The SMILES string of the molecule is CC1(C)[C@@H]2[C@@H](C(=O)N[C@H](C#N)C[C@@H]3CC4(CC4)NC3=O)N(C(=O)[C@@H](NC(=O)C(F)(F)F)C3(C(F)(F)F)CCC3)C[C@@H]21. The molecule has 5 aliphatic rings. The first-order valence-corrected chi connectivity index (χ1v) is 13.6. The monoisotopic (exact) mass is 591 g/mol. The van der Waals surface area contributed by atoms with E-state index in [0.29, 0.717) is 6.42 Å². The van der Waals surface area contributed by atoms with Gasteiger partial charge in [-0.3, -0.25) is 19.2 Å². The molecule has 2 saturated heterocycles. The van der Waals surface area contributed by atoms with Crippen molar-refractivity contribution < 1.29 is 45.5 Å². The Kier molecular flexibility index (Phi) is 6.62. The molecule has 0 aromatic heterocycles. The lowest BCUT2D eigenvalue weighted by molar-refractivity contribution is -0.262. The van der Waals surface area contributed by atoms with E-state index in [-0.39, 0.29) is 36.8 Å². The number of hydrogen-bond donors (Lipinski definition) is 3. The summed E-state index contributed by atoms with van der Waals surface area (Å²) in [6.45, 7) is 3.41. The van der Waals surface area contributed by atoms with Crippen LogP contribution < -0.4 is 16.0 Å². The maximum absolute atomic E-state index is 14.2. The zero-order chi connectivity index (χ0) is 30.3. The third kappa shape index (κ3) is 4.80. The van der Waals surface area contributed by atoms with Crippen molar-refractivity contribution in [2.75, 3.05) is 6.54 Å². The highest BCUT2D eigenvalue weighted by molar-refractivity contribution is 5.95. The zero-order valence-corrected chi connectivity index (χ0v) is 22.4. The number of halogens is 6. The molecule has 41 heavy (non-hydrogen) atoms. The normalized spacial score (nSPS) is 31.7. The van der Waals surface area contributed by atoms with Gasteiger partial charge >= 0.3 is 18.3 Å². The van der Waals surface area contributed by atoms with Crippen LogP contribution in [0.3, 0.4) is 0 Å². The van der Waals surface area contributed by atoms with Gasteiger partial charge in [-0.25, -0.2) is 0 Å². The highest BCUT2D eigenvalue weighted by atomic mass is 19.4. The van der Waals surface area contributed by atoms with E-state index < -0.39 is 83.7 Å². The Morgan fingerprint density at radius 1 is 1.10 bits per heavy atom. The molecular weight excluding hydrogens is 560 g/mol. The molecule has 15 heteroatoms. The predicted molar refractivity (Wildman–Crippen MR) is 127 cm³/mol. The molecule has 4 amide bonds. The number of nitrogens with one attached hydrogen (secondary N) is 3. The largest absolute Gasteiger partial charge is 0.471 e. The maximum Gasteiger partial charge on any atom is 0.471 e. The number of carbonyl (C=O) groups excluding carboxylic acids is 4. The molecule has 5 rings (SSSR count). The minimum Gasteiger partial charge on any atom is -0.350 e. The molecular formula is C26H31F6N5O4. The Labute approximate surface area is 231 Å². The minimum absolute atomic E-state index is 0.00454. The van der Waals surface area contributed by atoms with Crippen LogP contribution in [-0.2, 0) is 19.2 Å². The van der Waals surface area contributed by atoms with Gasteiger partial charge in [0.2, 0.25) is 17.7 Å². The van der Waals surface area contributed by atoms with E-state index in [1.54, 1.807) is 13.8 Å². The van der Waals surface area contributed by atoms with Crippen LogP contribution >= 0.6 is 0 Å². The van der Waals surface area contributed by atoms with E-state index in [2.05, 4.69) is 10.6 Å². The second-order valence-electron chi connectivity index (χ2n) is 12.9. The molecule has 0 unspecified atom stereocenters. The summed E-state index contributed by atoms with van der Waals surface area (Å²) < 4.78 is 82.0. The number of carbonyl (C=O) groups is 4. The van der Waals surface area contributed by atoms with Crippen molar-refractivity contribution in [3.8, 4) is 6.07 Å². The lowest BCUT2D eigenvalue weighted by atomic mass is 9.62. The third-order valence-corrected chi connectivity index (χ3v) is 10.1. The highest BCUT2D eigenvalue weighted by Crippen LogP contribution is 2.65. The van der Waals surface area contributed by atoms with Crippen molar-refractivity contribution >= 4 is 23.6 Å². The third-order valence-electron chi connectivity index (χ3n) is 10.1. The van der Waals surface area contributed by atoms with E-state index in [4.69, 9.17) is 0 Å². The van der Waals surface area contributed by atoms with Gasteiger partial charge in [0.1, 0.15) is 18.1 Å². The molecule has 6 atom stereocenters. The van der Waals surface area contributed by atoms with E-state index >= 15 is 0 Å². The number of piperidine rings is 1. The molecule has 1 spiro atoms. The molecule has 9 nitrogen and oxygen atoms in total. The first-order chi connectivity index (χ1) is 18.9. The Hall–Kier alpha value is -3.05. The molecule has 0 aromatic rings. The predicted octanol–water partition coefficient (Wildman–Crippen LogP) is 2.32. The van der Waals surface area contributed by atoms with Crippen LogP contribution in [0.4, 0.5) is 26.3 Å². The summed E-state index contributed by atoms with van der Waals surface area (Å²) in [5.74, 6) is -6.52. The van der Waals surface area contributed by atoms with Gasteiger partial charge in [0.25, 0.3) is 0 Å². The number of rotatable bonds is 7. The van der Waals surface area contributed by atoms with Crippen LogP contribution in [0.25, 0.3) is 0 Å². The summed E-state index contributed by atoms with van der Waals surface area (Å²) in [4.78, 5) is 52.2. The molecule has 0 bridgehead atoms. The zero-order valence-electron chi connectivity index (χ0n) is 22.4. The molecule has 2 heterocycles. The Morgan fingerprint density at radius 3 is 2.20 bits per heavy atom. The van der Waals surface area contributed by atoms with Crippen LogP contribution in [0.2, 0.25) is 0 Å². The fraction of sp³-hybridized carbons (Fsp3) is 0.808. The van der Waals surface area contributed by atoms with E-state index in [0.717, 1.165) is 17.7 Å². The fourth-order valence-corrected chi connectivity index (χ4v) is 7.26. The topological polar surface area (TPSA) is 131 Å². The van der Waals surface area contributed by atoms with Gasteiger partial charge in [-0.2, -0.15) is 31.6 Å². The number of likely N-dealkylation sites (tertiary alicyclic amines) is 1. The van der Waals surface area contributed by atoms with Crippen molar-refractivity contribution in [2.24, 2.45) is 28.6 Å². The quantitative estimate of drug-likeness (QED) is 0.391. The van der Waals surface area contributed by atoms with Crippen molar-refractivity contribution in [1.29, 1.82) is 5.26 Å². The number of alkyl halides is 6. The number of nitrogens with zero attached hydrogens (tertiary/aromatic N) is 2. The summed E-state index contributed by atoms with van der Waals surface area (Å²) in [6.07, 6.45) is -9.81. The number of hydrogen-bond acceptors (Lipinski definition) is 5. The second-order valence-corrected chi connectivity index (χ2v) is 12.9. The van der Waals surface area contributed by atoms with Gasteiger partial charge < -0.3 is 20.9 Å². The molecule has 5 fully saturated rings. The van der Waals surface area contributed by atoms with Gasteiger partial charge in [0.15, 0.2) is 0 Å². The van der Waals surface area contributed by atoms with E-state index in [1.807, 2.05) is 6.07 Å². The molecule has 2 aliphatic heterocycles. The summed E-state index contributed by atoms with van der Waals surface area (Å²) in [5, 5.41) is 16.4. The standard InChI is InChI=1S/C26H31F6N5O4/c1-22(2)14-11-37(20(40)17(35-21(41)25(27,28)29)24(4-3-5-24)26(30,31)32)16(15(14)22)19(39)34-13(10-33)8-12-9-23(6-7-23)36-18(12)38/h12-17H,3-9,11H2,1-2H3,(H,34,39)(H,35,41)(H,36,38)/t12-,13+,14+,15+,16+,17-/m1/s1. The molecule has 3 N–H and O–H groups in total. The molecule has 0 aromatic carbocycles. The average Bonchev–Trinajstić information content (AvgIpc) is 3.54. The number of nitriles is 1. The lowest BCUT2D eigenvalue weighted by Crippen LogP contribution is -2.67. The molecule has 3 aliphatic carbocycles. The summed E-state index contributed by atoms with van der Waals surface area (Å²) in [6, 6.07) is -3.15. The van der Waals surface area contributed by atoms with E-state index in [1.165, 1.54) is 5.32 Å². The number of fused-ring (bicyclic) bond motifs is 1. The minimum atomic E-state index is -5.54. The highest BCUT2D eigenvalue weighted by Gasteiger charge is 2.72. The van der Waals surface area contributed by atoms with Gasteiger partial charge in [-0.15, -0.1) is 0 Å². The Morgan fingerprint density at radius 2 is 1.73 bits per heavy atom. The van der Waals surface area contributed by atoms with Crippen LogP contribution in [-0.4, -0.2) is 71.1 Å². The molecule has 0 radical (unpaired) electrons. The van der Waals surface area contributed by atoms with Gasteiger partial charge in [-0.05, 0) is 55.8 Å². The molecule has 3 saturated carbocycles. The summed E-state index contributed by atoms with van der Waals surface area (Å²) >= 11 is 0.